The summed E-state index contributed by atoms with van der Waals surface area (Å²) in [6, 6.07) is 13.8. The fraction of sp³-hybridized carbons (Fsp3) is 0.600. The summed E-state index contributed by atoms with van der Waals surface area (Å²) in [5.41, 5.74) is 10.4. The molecule has 0 saturated heterocycles. The Morgan fingerprint density at radius 2 is 0.921 bits per heavy atom. The SMILES string of the molecule is CCCCC(=N\c1ccc(CCCC)c(CCCC)c1)/C(C)=N/c1ccc(CCCC)c(CCCC)c1.[Pd]. The molecule has 0 aliphatic carbocycles. The average Bonchev–Trinajstić information content (AvgIpc) is 2.91. The van der Waals surface area contributed by atoms with Gasteiger partial charge < -0.3 is 0 Å². The second kappa shape index (κ2) is 20.4. The molecule has 2 aromatic rings. The molecule has 3 heteroatoms. The molecular formula is C35H54N2Pd. The van der Waals surface area contributed by atoms with Crippen molar-refractivity contribution in [2.75, 3.05) is 0 Å². The zero-order valence-electron chi connectivity index (χ0n) is 25.3. The molecule has 0 radical (unpaired) electrons. The molecule has 0 spiro atoms. The van der Waals surface area contributed by atoms with E-state index in [4.69, 9.17) is 9.98 Å². The smallest absolute Gasteiger partial charge is 0.0636 e. The van der Waals surface area contributed by atoms with Gasteiger partial charge in [-0.05, 0) is 118 Å². The molecule has 0 heterocycles. The Balaban J connectivity index is 0.00000722. The van der Waals surface area contributed by atoms with Gasteiger partial charge >= 0.3 is 0 Å². The first-order valence-corrected chi connectivity index (χ1v) is 15.4. The quantitative estimate of drug-likeness (QED) is 0.119. The molecule has 0 bridgehead atoms. The molecule has 2 nitrogen and oxygen atoms in total. The van der Waals surface area contributed by atoms with E-state index in [-0.39, 0.29) is 20.4 Å². The zero-order valence-corrected chi connectivity index (χ0v) is 26.8. The van der Waals surface area contributed by atoms with Crippen LogP contribution in [0.25, 0.3) is 0 Å². The van der Waals surface area contributed by atoms with Crippen LogP contribution < -0.4 is 0 Å². The number of aryl methyl sites for hydroxylation is 4. The molecule has 214 valence electrons. The molecular weight excluding hydrogens is 555 g/mol. The Kier molecular flexibility index (Phi) is 18.5. The first-order valence-electron chi connectivity index (χ1n) is 15.4. The maximum Gasteiger partial charge on any atom is 0.0636 e. The van der Waals surface area contributed by atoms with Crippen LogP contribution in [-0.2, 0) is 46.1 Å². The van der Waals surface area contributed by atoms with Crippen LogP contribution in [0.2, 0.25) is 0 Å². The Morgan fingerprint density at radius 1 is 0.526 bits per heavy atom. The van der Waals surface area contributed by atoms with Gasteiger partial charge in [0.05, 0.1) is 22.8 Å². The fourth-order valence-corrected chi connectivity index (χ4v) is 4.86. The van der Waals surface area contributed by atoms with Crippen molar-refractivity contribution in [1.82, 2.24) is 0 Å². The van der Waals surface area contributed by atoms with Gasteiger partial charge in [0.1, 0.15) is 0 Å². The summed E-state index contributed by atoms with van der Waals surface area (Å²) in [4.78, 5) is 10.3. The number of rotatable bonds is 18. The monoisotopic (exact) mass is 608 g/mol. The van der Waals surface area contributed by atoms with Gasteiger partial charge in [0.2, 0.25) is 0 Å². The van der Waals surface area contributed by atoms with Crippen molar-refractivity contribution in [2.45, 2.75) is 138 Å². The number of aliphatic imine (C=N–C) groups is 2. The van der Waals surface area contributed by atoms with Gasteiger partial charge in [0.15, 0.2) is 0 Å². The van der Waals surface area contributed by atoms with Crippen LogP contribution in [0.1, 0.15) is 134 Å². The van der Waals surface area contributed by atoms with Crippen LogP contribution in [0.15, 0.2) is 46.4 Å². The van der Waals surface area contributed by atoms with Crippen molar-refractivity contribution in [3.05, 3.63) is 58.7 Å². The second-order valence-corrected chi connectivity index (χ2v) is 10.7. The van der Waals surface area contributed by atoms with E-state index >= 15 is 0 Å². The molecule has 0 fully saturated rings. The van der Waals surface area contributed by atoms with E-state index in [1.54, 1.807) is 0 Å². The minimum absolute atomic E-state index is 0. The van der Waals surface area contributed by atoms with E-state index in [1.807, 2.05) is 0 Å². The zero-order chi connectivity index (χ0) is 26.9. The van der Waals surface area contributed by atoms with Crippen molar-refractivity contribution in [3.63, 3.8) is 0 Å². The topological polar surface area (TPSA) is 24.7 Å². The van der Waals surface area contributed by atoms with Crippen molar-refractivity contribution >= 4 is 22.8 Å². The Hall–Kier alpha value is -1.56. The third kappa shape index (κ3) is 12.1. The van der Waals surface area contributed by atoms with E-state index in [2.05, 4.69) is 77.9 Å². The van der Waals surface area contributed by atoms with Gasteiger partial charge in [0.25, 0.3) is 0 Å². The Labute approximate surface area is 248 Å². The maximum atomic E-state index is 5.20. The van der Waals surface area contributed by atoms with Crippen molar-refractivity contribution < 1.29 is 20.4 Å². The maximum absolute atomic E-state index is 5.20. The summed E-state index contributed by atoms with van der Waals surface area (Å²) in [5, 5.41) is 0. The summed E-state index contributed by atoms with van der Waals surface area (Å²) in [6.07, 6.45) is 17.9. The minimum Gasteiger partial charge on any atom is -0.252 e. The van der Waals surface area contributed by atoms with E-state index in [0.717, 1.165) is 54.9 Å². The molecule has 0 atom stereocenters. The summed E-state index contributed by atoms with van der Waals surface area (Å²) in [6.45, 7) is 13.5. The van der Waals surface area contributed by atoms with Gasteiger partial charge in [-0.3, -0.25) is 9.98 Å². The number of hydrogen-bond acceptors (Lipinski definition) is 2. The van der Waals surface area contributed by atoms with E-state index in [1.165, 1.54) is 86.5 Å². The number of unbranched alkanes of at least 4 members (excludes halogenated alkanes) is 5. The Morgan fingerprint density at radius 3 is 1.34 bits per heavy atom. The molecule has 0 amide bonds. The van der Waals surface area contributed by atoms with Gasteiger partial charge in [-0.25, -0.2) is 0 Å². The van der Waals surface area contributed by atoms with Crippen molar-refractivity contribution in [2.24, 2.45) is 9.98 Å². The number of hydrogen-bond donors (Lipinski definition) is 0. The van der Waals surface area contributed by atoms with Crippen LogP contribution >= 0.6 is 0 Å². The molecule has 0 aliphatic rings. The van der Waals surface area contributed by atoms with Gasteiger partial charge in [-0.15, -0.1) is 0 Å². The van der Waals surface area contributed by atoms with Crippen LogP contribution in [-0.4, -0.2) is 11.4 Å². The molecule has 0 aromatic heterocycles. The van der Waals surface area contributed by atoms with E-state index < -0.39 is 0 Å². The molecule has 38 heavy (non-hydrogen) atoms. The van der Waals surface area contributed by atoms with Gasteiger partial charge in [-0.1, -0.05) is 78.9 Å². The van der Waals surface area contributed by atoms with Gasteiger partial charge in [0, 0.05) is 20.4 Å². The molecule has 0 saturated carbocycles. The summed E-state index contributed by atoms with van der Waals surface area (Å²) in [5.74, 6) is 0. The normalized spacial score (nSPS) is 12.1. The second-order valence-electron chi connectivity index (χ2n) is 10.7. The number of benzene rings is 2. The third-order valence-electron chi connectivity index (χ3n) is 7.32. The van der Waals surface area contributed by atoms with Crippen molar-refractivity contribution in [1.29, 1.82) is 0 Å². The predicted octanol–water partition coefficient (Wildman–Crippen LogP) is 11.1. The van der Waals surface area contributed by atoms with Crippen LogP contribution in [0.5, 0.6) is 0 Å². The van der Waals surface area contributed by atoms with Crippen LogP contribution in [0.4, 0.5) is 11.4 Å². The molecule has 2 rings (SSSR count). The van der Waals surface area contributed by atoms with E-state index in [9.17, 15) is 0 Å². The predicted molar refractivity (Wildman–Crippen MR) is 167 cm³/mol. The average molecular weight is 609 g/mol. The fourth-order valence-electron chi connectivity index (χ4n) is 4.86. The summed E-state index contributed by atoms with van der Waals surface area (Å²) in [7, 11) is 0. The Bertz CT molecular complexity index is 989. The number of nitrogens with zero attached hydrogens (tertiary/aromatic N) is 2. The molecule has 2 aromatic carbocycles. The largest absolute Gasteiger partial charge is 0.252 e. The first kappa shape index (κ1) is 34.5. The third-order valence-corrected chi connectivity index (χ3v) is 7.32. The molecule has 0 unspecified atom stereocenters. The summed E-state index contributed by atoms with van der Waals surface area (Å²) >= 11 is 0. The minimum atomic E-state index is 0. The van der Waals surface area contributed by atoms with Crippen molar-refractivity contribution in [3.8, 4) is 0 Å². The standard InChI is InChI=1S/C35H54N2.Pd/c1-7-12-17-29-22-24-33(26-31(29)19-14-9-3)36-28(6)35(21-16-11-5)37-34-25-23-30(18-13-8-2)32(27-34)20-15-10-4;/h22-27H,7-21H2,1-6H3;/b36-28+,37-35+;. The molecule has 0 aliphatic heterocycles. The van der Waals surface area contributed by atoms with Crippen LogP contribution in [0.3, 0.4) is 0 Å². The first-order chi connectivity index (χ1) is 18.1. The van der Waals surface area contributed by atoms with E-state index in [0.29, 0.717) is 0 Å². The summed E-state index contributed by atoms with van der Waals surface area (Å²) < 4.78 is 0. The van der Waals surface area contributed by atoms with Crippen LogP contribution in [0, 0.1) is 0 Å². The van der Waals surface area contributed by atoms with Gasteiger partial charge in [-0.2, -0.15) is 0 Å². The molecule has 0 N–H and O–H groups in total.